The number of esters is 2. The van der Waals surface area contributed by atoms with Crippen LogP contribution in [0.25, 0.3) is 0 Å². The minimum absolute atomic E-state index is 0.0168. The largest absolute Gasteiger partial charge is 0.462 e. The van der Waals surface area contributed by atoms with Gasteiger partial charge in [0.25, 0.3) is 0 Å². The summed E-state index contributed by atoms with van der Waals surface area (Å²) in [6.07, 6.45) is 13.1. The van der Waals surface area contributed by atoms with Gasteiger partial charge in [0.2, 0.25) is 0 Å². The van der Waals surface area contributed by atoms with Gasteiger partial charge in [0, 0.05) is 12.8 Å². The third kappa shape index (κ3) is 9.94. The maximum Gasteiger partial charge on any atom is 0.306 e. The van der Waals surface area contributed by atoms with Crippen molar-refractivity contribution in [2.75, 3.05) is 0 Å². The Balaban J connectivity index is 2.08. The Kier molecular flexibility index (Phi) is 11.6. The highest BCUT2D eigenvalue weighted by atomic mass is 16.6. The zero-order chi connectivity index (χ0) is 17.6. The van der Waals surface area contributed by atoms with Gasteiger partial charge >= 0.3 is 11.9 Å². The molecule has 1 aliphatic rings. The second kappa shape index (κ2) is 13.3. The molecule has 0 aromatic carbocycles. The molecule has 0 amide bonds. The second-order valence-electron chi connectivity index (χ2n) is 7.00. The monoisotopic (exact) mass is 340 g/mol. The first-order valence-corrected chi connectivity index (χ1v) is 10.0. The van der Waals surface area contributed by atoms with Crippen molar-refractivity contribution < 1.29 is 19.1 Å². The number of carbonyl (C=O) groups is 2. The number of ether oxygens (including phenoxy) is 2. The molecule has 0 N–H and O–H groups in total. The quantitative estimate of drug-likeness (QED) is 0.356. The first kappa shape index (κ1) is 21.0. The van der Waals surface area contributed by atoms with Crippen LogP contribution in [0.5, 0.6) is 0 Å². The molecule has 0 radical (unpaired) electrons. The highest BCUT2D eigenvalue weighted by molar-refractivity contribution is 5.70. The van der Waals surface area contributed by atoms with Crippen molar-refractivity contribution >= 4 is 11.9 Å². The van der Waals surface area contributed by atoms with E-state index in [9.17, 15) is 9.59 Å². The van der Waals surface area contributed by atoms with Crippen LogP contribution in [0.1, 0.15) is 104 Å². The molecule has 4 nitrogen and oxygen atoms in total. The molecule has 24 heavy (non-hydrogen) atoms. The topological polar surface area (TPSA) is 52.6 Å². The van der Waals surface area contributed by atoms with E-state index in [2.05, 4.69) is 13.8 Å². The number of rotatable bonds is 12. The van der Waals surface area contributed by atoms with Crippen molar-refractivity contribution in [1.29, 1.82) is 0 Å². The average Bonchev–Trinajstić information content (AvgIpc) is 2.57. The fourth-order valence-electron chi connectivity index (χ4n) is 3.15. The van der Waals surface area contributed by atoms with Crippen molar-refractivity contribution in [3.8, 4) is 0 Å². The highest BCUT2D eigenvalue weighted by Gasteiger charge is 2.26. The molecule has 140 valence electrons. The summed E-state index contributed by atoms with van der Waals surface area (Å²) < 4.78 is 11.1. The van der Waals surface area contributed by atoms with Crippen LogP contribution < -0.4 is 0 Å². The molecule has 1 fully saturated rings. The van der Waals surface area contributed by atoms with E-state index in [1.807, 2.05) is 0 Å². The van der Waals surface area contributed by atoms with Gasteiger partial charge in [-0.1, -0.05) is 52.4 Å². The first-order chi connectivity index (χ1) is 11.7. The fraction of sp³-hybridized carbons (Fsp3) is 0.900. The van der Waals surface area contributed by atoms with Gasteiger partial charge < -0.3 is 9.47 Å². The summed E-state index contributed by atoms with van der Waals surface area (Å²) in [4.78, 5) is 23.6. The Morgan fingerprint density at radius 1 is 0.667 bits per heavy atom. The summed E-state index contributed by atoms with van der Waals surface area (Å²) in [5.74, 6) is -0.134. The molecule has 0 aromatic heterocycles. The predicted octanol–water partition coefficient (Wildman–Crippen LogP) is 5.32. The molecule has 0 unspecified atom stereocenters. The maximum atomic E-state index is 11.8. The number of hydrogen-bond acceptors (Lipinski definition) is 4. The lowest BCUT2D eigenvalue weighted by Gasteiger charge is -2.28. The molecular weight excluding hydrogens is 304 g/mol. The molecule has 1 aliphatic carbocycles. The molecule has 0 aromatic rings. The van der Waals surface area contributed by atoms with Crippen LogP contribution in [0.2, 0.25) is 0 Å². The van der Waals surface area contributed by atoms with E-state index in [1.165, 1.54) is 25.7 Å². The van der Waals surface area contributed by atoms with E-state index >= 15 is 0 Å². The van der Waals surface area contributed by atoms with E-state index < -0.39 is 0 Å². The van der Waals surface area contributed by atoms with Crippen LogP contribution in [-0.2, 0) is 19.1 Å². The van der Waals surface area contributed by atoms with Gasteiger partial charge in [-0.2, -0.15) is 0 Å². The first-order valence-electron chi connectivity index (χ1n) is 10.0. The van der Waals surface area contributed by atoms with E-state index in [-0.39, 0.29) is 24.1 Å². The van der Waals surface area contributed by atoms with Crippen LogP contribution in [0.15, 0.2) is 0 Å². The van der Waals surface area contributed by atoms with Crippen LogP contribution in [-0.4, -0.2) is 24.1 Å². The van der Waals surface area contributed by atoms with Gasteiger partial charge in [-0.05, 0) is 38.5 Å². The van der Waals surface area contributed by atoms with Gasteiger partial charge in [-0.3, -0.25) is 9.59 Å². The van der Waals surface area contributed by atoms with Gasteiger partial charge in [-0.15, -0.1) is 0 Å². The fourth-order valence-corrected chi connectivity index (χ4v) is 3.15. The normalized spacial score (nSPS) is 20.6. The molecule has 0 atom stereocenters. The van der Waals surface area contributed by atoms with E-state index in [0.29, 0.717) is 12.8 Å². The minimum atomic E-state index is -0.0672. The van der Waals surface area contributed by atoms with Gasteiger partial charge in [-0.25, -0.2) is 0 Å². The summed E-state index contributed by atoms with van der Waals surface area (Å²) in [7, 11) is 0. The standard InChI is InChI=1S/C20H36O4/c1-3-5-7-9-11-19(21)23-17-13-15-18(16-14-17)24-20(22)12-10-8-6-4-2/h17-18H,3-16H2,1-2H3. The zero-order valence-electron chi connectivity index (χ0n) is 15.7. The van der Waals surface area contributed by atoms with Crippen LogP contribution >= 0.6 is 0 Å². The molecule has 1 rings (SSSR count). The van der Waals surface area contributed by atoms with Gasteiger partial charge in [0.1, 0.15) is 12.2 Å². The second-order valence-corrected chi connectivity index (χ2v) is 7.00. The molecule has 0 aliphatic heterocycles. The van der Waals surface area contributed by atoms with Gasteiger partial charge in [0.05, 0.1) is 0 Å². The Morgan fingerprint density at radius 2 is 1.04 bits per heavy atom. The minimum Gasteiger partial charge on any atom is -0.462 e. The Hall–Kier alpha value is -1.06. The summed E-state index contributed by atoms with van der Waals surface area (Å²) >= 11 is 0. The average molecular weight is 341 g/mol. The summed E-state index contributed by atoms with van der Waals surface area (Å²) in [6.45, 7) is 4.32. The molecule has 1 saturated carbocycles. The molecular formula is C20H36O4. The van der Waals surface area contributed by atoms with E-state index in [0.717, 1.165) is 51.4 Å². The predicted molar refractivity (Wildman–Crippen MR) is 95.7 cm³/mol. The summed E-state index contributed by atoms with van der Waals surface area (Å²) in [6, 6.07) is 0. The SMILES string of the molecule is CCCCCCC(=O)OC1CCC(OC(=O)CCCCCC)CC1. The van der Waals surface area contributed by atoms with Crippen LogP contribution in [0, 0.1) is 0 Å². The number of unbranched alkanes of at least 4 members (excludes halogenated alkanes) is 6. The Bertz CT molecular complexity index is 312. The maximum absolute atomic E-state index is 11.8. The Morgan fingerprint density at radius 3 is 1.38 bits per heavy atom. The van der Waals surface area contributed by atoms with Crippen molar-refractivity contribution in [3.63, 3.8) is 0 Å². The lowest BCUT2D eigenvalue weighted by molar-refractivity contribution is -0.158. The molecule has 0 bridgehead atoms. The van der Waals surface area contributed by atoms with Crippen molar-refractivity contribution in [2.45, 2.75) is 116 Å². The van der Waals surface area contributed by atoms with E-state index in [4.69, 9.17) is 9.47 Å². The van der Waals surface area contributed by atoms with E-state index in [1.54, 1.807) is 0 Å². The Labute approximate surface area is 147 Å². The molecule has 0 saturated heterocycles. The molecule has 0 heterocycles. The third-order valence-corrected chi connectivity index (χ3v) is 4.69. The number of hydrogen-bond donors (Lipinski definition) is 0. The molecule has 0 spiro atoms. The third-order valence-electron chi connectivity index (χ3n) is 4.69. The number of carbonyl (C=O) groups excluding carboxylic acids is 2. The van der Waals surface area contributed by atoms with Gasteiger partial charge in [0.15, 0.2) is 0 Å². The summed E-state index contributed by atoms with van der Waals surface area (Å²) in [5, 5.41) is 0. The molecule has 4 heteroatoms. The lowest BCUT2D eigenvalue weighted by Crippen LogP contribution is -2.29. The summed E-state index contributed by atoms with van der Waals surface area (Å²) in [5.41, 5.74) is 0. The van der Waals surface area contributed by atoms with Crippen molar-refractivity contribution in [2.24, 2.45) is 0 Å². The highest BCUT2D eigenvalue weighted by Crippen LogP contribution is 2.24. The lowest BCUT2D eigenvalue weighted by atomic mass is 9.95. The zero-order valence-corrected chi connectivity index (χ0v) is 15.7. The van der Waals surface area contributed by atoms with Crippen LogP contribution in [0.3, 0.4) is 0 Å². The van der Waals surface area contributed by atoms with Crippen LogP contribution in [0.4, 0.5) is 0 Å². The van der Waals surface area contributed by atoms with Crippen molar-refractivity contribution in [1.82, 2.24) is 0 Å². The smallest absolute Gasteiger partial charge is 0.306 e. The van der Waals surface area contributed by atoms with Crippen molar-refractivity contribution in [3.05, 3.63) is 0 Å².